The minimum absolute atomic E-state index is 0. The molecule has 2 heteroatoms. The van der Waals surface area contributed by atoms with Crippen molar-refractivity contribution in [2.24, 2.45) is 5.92 Å². The Bertz CT molecular complexity index is 116. The normalized spacial score (nSPS) is 10.1. The molecule has 0 amide bonds. The molecule has 0 unspecified atom stereocenters. The van der Waals surface area contributed by atoms with Gasteiger partial charge < -0.3 is 6.15 Å². The van der Waals surface area contributed by atoms with Crippen molar-refractivity contribution in [2.45, 2.75) is 65.7 Å². The van der Waals surface area contributed by atoms with Gasteiger partial charge in [-0.05, 0) is 25.2 Å². The molecule has 0 aliphatic rings. The summed E-state index contributed by atoms with van der Waals surface area (Å²) in [5, 5.41) is 0. The van der Waals surface area contributed by atoms with E-state index in [1.165, 1.54) is 44.9 Å². The number of hydrogen-bond acceptors (Lipinski definition) is 1. The van der Waals surface area contributed by atoms with Gasteiger partial charge >= 0.3 is 0 Å². The molecule has 3 N–H and O–H groups in total. The molecule has 0 aromatic rings. The van der Waals surface area contributed by atoms with Gasteiger partial charge in [0.25, 0.3) is 0 Å². The summed E-state index contributed by atoms with van der Waals surface area (Å²) < 4.78 is 0. The Hall–Kier alpha value is -0.0100. The number of rotatable bonds is 8. The molecule has 0 aliphatic carbocycles. The van der Waals surface area contributed by atoms with Gasteiger partial charge in [0.15, 0.2) is 0 Å². The first-order valence-corrected chi connectivity index (χ1v) is 6.01. The van der Waals surface area contributed by atoms with Gasteiger partial charge in [0.05, 0.1) is 0 Å². The molecular weight excluding hydrogens is 206 g/mol. The molecule has 0 atom stereocenters. The molecule has 0 aliphatic heterocycles. The molecule has 0 spiro atoms. The van der Waals surface area contributed by atoms with E-state index in [4.69, 9.17) is 0 Å². The van der Waals surface area contributed by atoms with Gasteiger partial charge in [0.1, 0.15) is 0 Å². The highest BCUT2D eigenvalue weighted by molar-refractivity contribution is 5.85. The lowest BCUT2D eigenvalue weighted by molar-refractivity contribution is 0.496. The molecule has 94 valence electrons. The van der Waals surface area contributed by atoms with Crippen molar-refractivity contribution in [2.75, 3.05) is 0 Å². The molecule has 0 saturated carbocycles. The molecular formula is C13H30ClN. The molecule has 0 bridgehead atoms. The van der Waals surface area contributed by atoms with Gasteiger partial charge in [0, 0.05) is 0 Å². The lowest BCUT2D eigenvalue weighted by atomic mass is 9.95. The Kier molecular flexibility index (Phi) is 22.3. The van der Waals surface area contributed by atoms with Crippen LogP contribution in [0.5, 0.6) is 0 Å². The van der Waals surface area contributed by atoms with E-state index in [1.807, 2.05) is 0 Å². The van der Waals surface area contributed by atoms with Crippen molar-refractivity contribution in [1.29, 1.82) is 0 Å². The lowest BCUT2D eigenvalue weighted by Crippen LogP contribution is -1.96. The molecule has 0 fully saturated rings. The van der Waals surface area contributed by atoms with E-state index in [-0.39, 0.29) is 18.6 Å². The van der Waals surface area contributed by atoms with Crippen LogP contribution < -0.4 is 6.15 Å². The van der Waals surface area contributed by atoms with Crippen molar-refractivity contribution in [3.05, 3.63) is 12.2 Å². The first kappa shape index (κ1) is 20.4. The van der Waals surface area contributed by atoms with Crippen molar-refractivity contribution < 1.29 is 0 Å². The maximum Gasteiger partial charge on any atom is -0.0234 e. The zero-order valence-corrected chi connectivity index (χ0v) is 11.6. The fourth-order valence-corrected chi connectivity index (χ4v) is 1.60. The second kappa shape index (κ2) is 16.4. The quantitative estimate of drug-likeness (QED) is 0.552. The van der Waals surface area contributed by atoms with Crippen molar-refractivity contribution in [3.8, 4) is 0 Å². The topological polar surface area (TPSA) is 35.0 Å². The molecule has 1 nitrogen and oxygen atoms in total. The maximum atomic E-state index is 2.44. The van der Waals surface area contributed by atoms with Crippen LogP contribution in [0.2, 0.25) is 0 Å². The van der Waals surface area contributed by atoms with Crippen LogP contribution in [0.15, 0.2) is 12.2 Å². The fraction of sp³-hybridized carbons (Fsp3) is 0.846. The minimum Gasteiger partial charge on any atom is -0.344 e. The van der Waals surface area contributed by atoms with Crippen LogP contribution >= 0.6 is 12.4 Å². The van der Waals surface area contributed by atoms with E-state index in [0.717, 1.165) is 5.92 Å². The van der Waals surface area contributed by atoms with Crippen LogP contribution in [0.4, 0.5) is 0 Å². The zero-order valence-electron chi connectivity index (χ0n) is 10.8. The predicted molar refractivity (Wildman–Crippen MR) is 74.2 cm³/mol. The van der Waals surface area contributed by atoms with Gasteiger partial charge in [0.2, 0.25) is 0 Å². The first-order chi connectivity index (χ1) is 6.35. The Morgan fingerprint density at radius 3 is 1.73 bits per heavy atom. The molecule has 0 aromatic heterocycles. The monoisotopic (exact) mass is 235 g/mol. The Balaban J connectivity index is -0.000000720. The summed E-state index contributed by atoms with van der Waals surface area (Å²) in [6.07, 6.45) is 14.2. The molecule has 15 heavy (non-hydrogen) atoms. The number of allylic oxidation sites excluding steroid dienone is 2. The largest absolute Gasteiger partial charge is 0.344 e. The molecule has 0 saturated heterocycles. The van der Waals surface area contributed by atoms with Gasteiger partial charge in [-0.25, -0.2) is 0 Å². The Morgan fingerprint density at radius 2 is 1.40 bits per heavy atom. The highest BCUT2D eigenvalue weighted by Gasteiger charge is 2.02. The zero-order chi connectivity index (χ0) is 9.94. The summed E-state index contributed by atoms with van der Waals surface area (Å²) >= 11 is 0. The summed E-state index contributed by atoms with van der Waals surface area (Å²) in [6.45, 7) is 6.77. The fourth-order valence-electron chi connectivity index (χ4n) is 1.60. The third kappa shape index (κ3) is 14.0. The Morgan fingerprint density at radius 1 is 0.933 bits per heavy atom. The summed E-state index contributed by atoms with van der Waals surface area (Å²) in [4.78, 5) is 0. The van der Waals surface area contributed by atoms with Crippen LogP contribution in [0, 0.1) is 5.92 Å². The highest BCUT2D eigenvalue weighted by Crippen LogP contribution is 2.17. The molecule has 0 heterocycles. The average molecular weight is 236 g/mol. The van der Waals surface area contributed by atoms with E-state index < -0.39 is 0 Å². The number of halogens is 1. The molecule has 0 rings (SSSR count). The van der Waals surface area contributed by atoms with E-state index >= 15 is 0 Å². The standard InChI is InChI=1S/C13H26.ClH.H3N/c1-4-7-10-13(11-8-5-2)12-9-6-3;;/h7,10,13H,4-6,8-9,11-12H2,1-3H3;1H;1H3. The average Bonchev–Trinajstić information content (AvgIpc) is 2.17. The summed E-state index contributed by atoms with van der Waals surface area (Å²) in [5.74, 6) is 0.861. The van der Waals surface area contributed by atoms with Crippen molar-refractivity contribution >= 4 is 12.4 Å². The van der Waals surface area contributed by atoms with E-state index in [9.17, 15) is 0 Å². The summed E-state index contributed by atoms with van der Waals surface area (Å²) in [7, 11) is 0. The van der Waals surface area contributed by atoms with E-state index in [2.05, 4.69) is 32.9 Å². The lowest BCUT2D eigenvalue weighted by Gasteiger charge is -2.11. The smallest absolute Gasteiger partial charge is 0.0234 e. The Labute approximate surface area is 103 Å². The SMILES string of the molecule is CCC=CC(CCCC)CCCC.Cl.N. The van der Waals surface area contributed by atoms with Crippen LogP contribution in [-0.2, 0) is 0 Å². The number of hydrogen-bond donors (Lipinski definition) is 1. The van der Waals surface area contributed by atoms with Crippen LogP contribution in [-0.4, -0.2) is 0 Å². The number of unbranched alkanes of at least 4 members (excludes halogenated alkanes) is 2. The van der Waals surface area contributed by atoms with E-state index in [1.54, 1.807) is 0 Å². The summed E-state index contributed by atoms with van der Waals surface area (Å²) in [5.41, 5.74) is 0. The van der Waals surface area contributed by atoms with Crippen molar-refractivity contribution in [3.63, 3.8) is 0 Å². The molecule has 0 aromatic carbocycles. The predicted octanol–water partition coefficient (Wildman–Crippen LogP) is 5.53. The van der Waals surface area contributed by atoms with Gasteiger partial charge in [-0.1, -0.05) is 58.6 Å². The first-order valence-electron chi connectivity index (χ1n) is 6.01. The summed E-state index contributed by atoms with van der Waals surface area (Å²) in [6, 6.07) is 0. The molecule has 0 radical (unpaired) electrons. The van der Waals surface area contributed by atoms with Crippen LogP contribution in [0.3, 0.4) is 0 Å². The van der Waals surface area contributed by atoms with Gasteiger partial charge in [-0.15, -0.1) is 12.4 Å². The van der Waals surface area contributed by atoms with Crippen molar-refractivity contribution in [1.82, 2.24) is 6.15 Å². The maximum absolute atomic E-state index is 2.44. The van der Waals surface area contributed by atoms with E-state index in [0.29, 0.717) is 0 Å². The second-order valence-electron chi connectivity index (χ2n) is 3.88. The second-order valence-corrected chi connectivity index (χ2v) is 3.88. The highest BCUT2D eigenvalue weighted by atomic mass is 35.5. The van der Waals surface area contributed by atoms with Crippen LogP contribution in [0.25, 0.3) is 0 Å². The van der Waals surface area contributed by atoms with Gasteiger partial charge in [-0.3, -0.25) is 0 Å². The van der Waals surface area contributed by atoms with Crippen LogP contribution in [0.1, 0.15) is 65.7 Å². The third-order valence-electron chi connectivity index (χ3n) is 2.50. The third-order valence-corrected chi connectivity index (χ3v) is 2.50. The van der Waals surface area contributed by atoms with Gasteiger partial charge in [-0.2, -0.15) is 0 Å². The minimum atomic E-state index is 0.